The molecule has 13 heavy (non-hydrogen) atoms. The van der Waals surface area contributed by atoms with Gasteiger partial charge in [0.25, 0.3) is 0 Å². The first-order valence-electron chi connectivity index (χ1n) is 4.50. The molecule has 1 heterocycles. The second-order valence-electron chi connectivity index (χ2n) is 3.28. The van der Waals surface area contributed by atoms with Gasteiger partial charge in [0.2, 0.25) is 12.4 Å². The molecule has 0 aliphatic rings. The fraction of sp³-hybridized carbons (Fsp3) is 0.500. The molecule has 1 aromatic heterocycles. The average Bonchev–Trinajstić information content (AvgIpc) is 2.15. The third-order valence-electron chi connectivity index (χ3n) is 1.80. The van der Waals surface area contributed by atoms with Gasteiger partial charge in [-0.2, -0.15) is 0 Å². The molecule has 0 saturated heterocycles. The number of rotatable bonds is 4. The van der Waals surface area contributed by atoms with E-state index in [9.17, 15) is 0 Å². The van der Waals surface area contributed by atoms with Crippen LogP contribution in [0.25, 0.3) is 0 Å². The maximum Gasteiger partial charge on any atom is 0.222 e. The zero-order chi connectivity index (χ0) is 9.68. The summed E-state index contributed by atoms with van der Waals surface area (Å²) in [6.07, 6.45) is 3.80. The Morgan fingerprint density at radius 3 is 2.46 bits per heavy atom. The molecule has 72 valence electrons. The second kappa shape index (κ2) is 4.82. The zero-order valence-electron chi connectivity index (χ0n) is 8.45. The van der Waals surface area contributed by atoms with E-state index in [1.807, 2.05) is 24.5 Å². The first-order chi connectivity index (χ1) is 6.22. The summed E-state index contributed by atoms with van der Waals surface area (Å²) in [5, 5.41) is 3.35. The van der Waals surface area contributed by atoms with Gasteiger partial charge in [-0.1, -0.05) is 13.8 Å². The van der Waals surface area contributed by atoms with E-state index in [0.717, 1.165) is 6.54 Å². The summed E-state index contributed by atoms with van der Waals surface area (Å²) in [4.78, 5) is 4.99. The minimum Gasteiger partial charge on any atom is -0.310 e. The molecule has 0 aromatic carbocycles. The molecule has 1 N–H and O–H groups in total. The SMILES string of the molecule is CO[n+]1ccc(CNC(C)C)cc1. The molecule has 1 aromatic rings. The van der Waals surface area contributed by atoms with Crippen LogP contribution in [0.3, 0.4) is 0 Å². The van der Waals surface area contributed by atoms with Crippen LogP contribution in [0.5, 0.6) is 0 Å². The van der Waals surface area contributed by atoms with Gasteiger partial charge in [-0.05, 0) is 5.56 Å². The summed E-state index contributed by atoms with van der Waals surface area (Å²) in [6.45, 7) is 5.18. The Balaban J connectivity index is 2.49. The van der Waals surface area contributed by atoms with Crippen LogP contribution in [0.1, 0.15) is 19.4 Å². The quantitative estimate of drug-likeness (QED) is 0.685. The van der Waals surface area contributed by atoms with E-state index < -0.39 is 0 Å². The molecule has 3 heteroatoms. The van der Waals surface area contributed by atoms with E-state index in [2.05, 4.69) is 19.2 Å². The van der Waals surface area contributed by atoms with E-state index in [0.29, 0.717) is 6.04 Å². The van der Waals surface area contributed by atoms with Crippen molar-refractivity contribution in [1.82, 2.24) is 5.32 Å². The van der Waals surface area contributed by atoms with Crippen LogP contribution in [0.4, 0.5) is 0 Å². The topological polar surface area (TPSA) is 25.1 Å². The number of hydrogen-bond donors (Lipinski definition) is 1. The fourth-order valence-corrected chi connectivity index (χ4v) is 1.01. The van der Waals surface area contributed by atoms with Gasteiger partial charge in [0, 0.05) is 29.4 Å². The van der Waals surface area contributed by atoms with E-state index in [1.165, 1.54) is 5.56 Å². The number of aromatic nitrogens is 1. The summed E-state index contributed by atoms with van der Waals surface area (Å²) in [7, 11) is 1.64. The highest BCUT2D eigenvalue weighted by Gasteiger charge is 1.99. The summed E-state index contributed by atoms with van der Waals surface area (Å²) in [6, 6.07) is 4.60. The lowest BCUT2D eigenvalue weighted by atomic mass is 10.2. The fourth-order valence-electron chi connectivity index (χ4n) is 1.01. The maximum absolute atomic E-state index is 4.99. The largest absolute Gasteiger partial charge is 0.310 e. The van der Waals surface area contributed by atoms with Crippen molar-refractivity contribution < 1.29 is 9.57 Å². The predicted molar refractivity (Wildman–Crippen MR) is 51.1 cm³/mol. The lowest BCUT2D eigenvalue weighted by molar-refractivity contribution is -0.885. The monoisotopic (exact) mass is 181 g/mol. The van der Waals surface area contributed by atoms with Crippen molar-refractivity contribution in [1.29, 1.82) is 0 Å². The third-order valence-corrected chi connectivity index (χ3v) is 1.80. The summed E-state index contributed by atoms with van der Waals surface area (Å²) < 4.78 is 1.67. The molecule has 1 rings (SSSR count). The molecule has 0 atom stereocenters. The number of nitrogens with zero attached hydrogens (tertiary/aromatic N) is 1. The van der Waals surface area contributed by atoms with Crippen LogP contribution in [0, 0.1) is 0 Å². The van der Waals surface area contributed by atoms with Gasteiger partial charge in [-0.15, -0.1) is 0 Å². The molecule has 0 aliphatic carbocycles. The Hall–Kier alpha value is -1.09. The Bertz CT molecular complexity index is 244. The molecular weight excluding hydrogens is 164 g/mol. The minimum atomic E-state index is 0.523. The van der Waals surface area contributed by atoms with Crippen LogP contribution in [-0.2, 0) is 6.54 Å². The summed E-state index contributed by atoms with van der Waals surface area (Å²) in [5.74, 6) is 0. The van der Waals surface area contributed by atoms with Gasteiger partial charge in [-0.3, -0.25) is 4.84 Å². The Labute approximate surface area is 79.3 Å². The average molecular weight is 181 g/mol. The van der Waals surface area contributed by atoms with Crippen molar-refractivity contribution in [2.75, 3.05) is 7.11 Å². The first kappa shape index (κ1) is 9.99. The highest BCUT2D eigenvalue weighted by Crippen LogP contribution is 1.94. The molecule has 0 radical (unpaired) electrons. The van der Waals surface area contributed by atoms with Gasteiger partial charge in [0.05, 0.1) is 0 Å². The van der Waals surface area contributed by atoms with Gasteiger partial charge in [0.1, 0.15) is 7.11 Å². The van der Waals surface area contributed by atoms with Crippen molar-refractivity contribution in [3.05, 3.63) is 30.1 Å². The lowest BCUT2D eigenvalue weighted by Crippen LogP contribution is -2.39. The molecule has 0 spiro atoms. The van der Waals surface area contributed by atoms with Crippen molar-refractivity contribution >= 4 is 0 Å². The molecular formula is C10H17N2O+. The number of nitrogens with one attached hydrogen (secondary N) is 1. The molecule has 0 fully saturated rings. The van der Waals surface area contributed by atoms with Crippen LogP contribution in [-0.4, -0.2) is 13.2 Å². The van der Waals surface area contributed by atoms with Crippen molar-refractivity contribution in [2.45, 2.75) is 26.4 Å². The van der Waals surface area contributed by atoms with Gasteiger partial charge >= 0.3 is 0 Å². The van der Waals surface area contributed by atoms with Crippen molar-refractivity contribution in [3.63, 3.8) is 0 Å². The van der Waals surface area contributed by atoms with E-state index >= 15 is 0 Å². The van der Waals surface area contributed by atoms with Gasteiger partial charge in [0.15, 0.2) is 0 Å². The molecule has 0 saturated carbocycles. The molecule has 0 bridgehead atoms. The van der Waals surface area contributed by atoms with E-state index in [1.54, 1.807) is 11.8 Å². The third kappa shape index (κ3) is 3.42. The van der Waals surface area contributed by atoms with Crippen LogP contribution in [0.2, 0.25) is 0 Å². The van der Waals surface area contributed by atoms with Crippen LogP contribution < -0.4 is 14.9 Å². The smallest absolute Gasteiger partial charge is 0.222 e. The number of hydrogen-bond acceptors (Lipinski definition) is 2. The Kier molecular flexibility index (Phi) is 3.71. The summed E-state index contributed by atoms with van der Waals surface area (Å²) >= 11 is 0. The van der Waals surface area contributed by atoms with E-state index in [-0.39, 0.29) is 0 Å². The lowest BCUT2D eigenvalue weighted by Gasteiger charge is -2.06. The maximum atomic E-state index is 4.99. The highest BCUT2D eigenvalue weighted by atomic mass is 16.6. The molecule has 0 unspecified atom stereocenters. The molecule has 0 amide bonds. The Morgan fingerprint density at radius 2 is 2.00 bits per heavy atom. The van der Waals surface area contributed by atoms with Crippen LogP contribution >= 0.6 is 0 Å². The normalized spacial score (nSPS) is 10.5. The Morgan fingerprint density at radius 1 is 1.38 bits per heavy atom. The van der Waals surface area contributed by atoms with Crippen molar-refractivity contribution in [2.24, 2.45) is 0 Å². The predicted octanol–water partition coefficient (Wildman–Crippen LogP) is 0.530. The summed E-state index contributed by atoms with van der Waals surface area (Å²) in [5.41, 5.74) is 1.27. The van der Waals surface area contributed by atoms with E-state index in [4.69, 9.17) is 4.84 Å². The number of pyridine rings is 1. The zero-order valence-corrected chi connectivity index (χ0v) is 8.45. The standard InChI is InChI=1S/C10H17N2O/c1-9(2)11-8-10-4-6-12(13-3)7-5-10/h4-7,9,11H,8H2,1-3H3/q+1. The molecule has 3 nitrogen and oxygen atoms in total. The first-order valence-corrected chi connectivity index (χ1v) is 4.50. The van der Waals surface area contributed by atoms with Crippen molar-refractivity contribution in [3.8, 4) is 0 Å². The highest BCUT2D eigenvalue weighted by molar-refractivity contribution is 5.06. The molecule has 0 aliphatic heterocycles. The minimum absolute atomic E-state index is 0.523. The second-order valence-corrected chi connectivity index (χ2v) is 3.28. The van der Waals surface area contributed by atoms with Gasteiger partial charge < -0.3 is 5.32 Å². The van der Waals surface area contributed by atoms with Gasteiger partial charge in [-0.25, -0.2) is 0 Å². The van der Waals surface area contributed by atoms with Crippen LogP contribution in [0.15, 0.2) is 24.5 Å².